The van der Waals surface area contributed by atoms with Crippen molar-refractivity contribution < 1.29 is 23.9 Å². The van der Waals surface area contributed by atoms with Gasteiger partial charge < -0.3 is 9.47 Å². The van der Waals surface area contributed by atoms with Gasteiger partial charge in [-0.3, -0.25) is 19.8 Å². The third-order valence-electron chi connectivity index (χ3n) is 4.61. The van der Waals surface area contributed by atoms with Crippen molar-refractivity contribution in [2.75, 3.05) is 6.79 Å². The number of urea groups is 1. The molecular weight excluding hydrogens is 392 g/mol. The first kappa shape index (κ1) is 16.1. The number of imide groups is 2. The summed E-state index contributed by atoms with van der Waals surface area (Å²) in [6.45, 7) is 0.130. The van der Waals surface area contributed by atoms with Crippen molar-refractivity contribution in [2.24, 2.45) is 0 Å². The number of fused-ring (bicyclic) bond motifs is 1. The van der Waals surface area contributed by atoms with Crippen LogP contribution in [0.3, 0.4) is 0 Å². The molecule has 8 heteroatoms. The number of nitrogens with zero attached hydrogens (tertiary/aromatic N) is 1. The second-order valence-electron chi connectivity index (χ2n) is 6.16. The molecule has 4 amide bonds. The molecule has 1 saturated heterocycles. The zero-order valence-electron chi connectivity index (χ0n) is 13.2. The number of barbiturate groups is 1. The molecule has 0 bridgehead atoms. The zero-order valence-corrected chi connectivity index (χ0v) is 14.8. The molecular formula is C17H15BrN2O5. The number of hydrogen-bond acceptors (Lipinski definition) is 5. The Bertz CT molecular complexity index is 814. The monoisotopic (exact) mass is 406 g/mol. The molecule has 0 radical (unpaired) electrons. The van der Waals surface area contributed by atoms with Crippen molar-refractivity contribution in [3.8, 4) is 11.5 Å². The van der Waals surface area contributed by atoms with Crippen LogP contribution in [0.1, 0.15) is 31.2 Å². The smallest absolute Gasteiger partial charge is 0.331 e. The third-order valence-corrected chi connectivity index (χ3v) is 5.30. The number of carbonyl (C=O) groups is 3. The van der Waals surface area contributed by atoms with Gasteiger partial charge in [0.2, 0.25) is 6.79 Å². The molecule has 3 aliphatic rings. The Kier molecular flexibility index (Phi) is 3.99. The molecule has 7 nitrogen and oxygen atoms in total. The van der Waals surface area contributed by atoms with Crippen molar-refractivity contribution in [3.63, 3.8) is 0 Å². The summed E-state index contributed by atoms with van der Waals surface area (Å²) in [5.41, 5.74) is 0.537. The van der Waals surface area contributed by atoms with E-state index in [0.717, 1.165) is 25.7 Å². The maximum absolute atomic E-state index is 12.8. The van der Waals surface area contributed by atoms with Crippen LogP contribution in [0.2, 0.25) is 0 Å². The molecule has 2 aliphatic heterocycles. The van der Waals surface area contributed by atoms with Crippen molar-refractivity contribution in [1.29, 1.82) is 0 Å². The van der Waals surface area contributed by atoms with Gasteiger partial charge in [0.25, 0.3) is 11.8 Å². The van der Waals surface area contributed by atoms with E-state index < -0.39 is 17.8 Å². The lowest BCUT2D eigenvalue weighted by molar-refractivity contribution is -0.131. The van der Waals surface area contributed by atoms with Crippen LogP contribution in [0.15, 0.2) is 22.2 Å². The number of rotatable bonds is 2. The Morgan fingerprint density at radius 1 is 1.12 bits per heavy atom. The summed E-state index contributed by atoms with van der Waals surface area (Å²) in [4.78, 5) is 38.3. The van der Waals surface area contributed by atoms with Gasteiger partial charge in [0, 0.05) is 10.5 Å². The first-order chi connectivity index (χ1) is 12.0. The van der Waals surface area contributed by atoms with E-state index in [4.69, 9.17) is 9.47 Å². The normalized spacial score (nSPS) is 22.0. The number of halogens is 1. The van der Waals surface area contributed by atoms with Crippen molar-refractivity contribution in [2.45, 2.75) is 31.7 Å². The molecule has 1 saturated carbocycles. The van der Waals surface area contributed by atoms with E-state index in [1.165, 1.54) is 11.0 Å². The highest BCUT2D eigenvalue weighted by molar-refractivity contribution is 9.10. The number of amides is 4. The maximum atomic E-state index is 12.8. The van der Waals surface area contributed by atoms with Gasteiger partial charge >= 0.3 is 6.03 Å². The molecule has 1 aliphatic carbocycles. The fourth-order valence-corrected chi connectivity index (χ4v) is 3.80. The zero-order chi connectivity index (χ0) is 17.6. The number of nitrogens with one attached hydrogen (secondary N) is 1. The summed E-state index contributed by atoms with van der Waals surface area (Å²) < 4.78 is 11.3. The highest BCUT2D eigenvalue weighted by Gasteiger charge is 2.40. The van der Waals surface area contributed by atoms with Crippen molar-refractivity contribution >= 4 is 39.9 Å². The van der Waals surface area contributed by atoms with Gasteiger partial charge in [-0.05, 0) is 36.6 Å². The fourth-order valence-electron chi connectivity index (χ4n) is 3.36. The molecule has 0 atom stereocenters. The first-order valence-corrected chi connectivity index (χ1v) is 8.83. The Morgan fingerprint density at radius 2 is 1.80 bits per heavy atom. The topological polar surface area (TPSA) is 84.9 Å². The van der Waals surface area contributed by atoms with Crippen LogP contribution in [0, 0.1) is 0 Å². The van der Waals surface area contributed by atoms with Gasteiger partial charge in [0.15, 0.2) is 11.5 Å². The van der Waals surface area contributed by atoms with Crippen molar-refractivity contribution in [1.82, 2.24) is 10.2 Å². The van der Waals surface area contributed by atoms with Crippen LogP contribution in [0.5, 0.6) is 11.5 Å². The highest BCUT2D eigenvalue weighted by atomic mass is 79.9. The van der Waals surface area contributed by atoms with E-state index in [0.29, 0.717) is 21.5 Å². The SMILES string of the molecule is O=C1NC(=O)N(C2CCCC2)C(=O)/C1=C\c1cc2c(cc1Br)OCO2. The second-order valence-corrected chi connectivity index (χ2v) is 7.01. The molecule has 130 valence electrons. The molecule has 25 heavy (non-hydrogen) atoms. The molecule has 4 rings (SSSR count). The molecule has 1 aromatic rings. The van der Waals surface area contributed by atoms with Gasteiger partial charge in [-0.25, -0.2) is 4.79 Å². The van der Waals surface area contributed by atoms with Gasteiger partial charge in [0.1, 0.15) is 5.57 Å². The van der Waals surface area contributed by atoms with E-state index in [2.05, 4.69) is 21.2 Å². The van der Waals surface area contributed by atoms with E-state index in [1.54, 1.807) is 12.1 Å². The summed E-state index contributed by atoms with van der Waals surface area (Å²) in [6.07, 6.45) is 4.96. The lowest BCUT2D eigenvalue weighted by Gasteiger charge is -2.31. The van der Waals surface area contributed by atoms with E-state index in [1.807, 2.05) is 0 Å². The Morgan fingerprint density at radius 3 is 2.52 bits per heavy atom. The minimum absolute atomic E-state index is 0.0638. The lowest BCUT2D eigenvalue weighted by Crippen LogP contribution is -2.57. The Labute approximate surface area is 152 Å². The predicted molar refractivity (Wildman–Crippen MR) is 90.9 cm³/mol. The average Bonchev–Trinajstić information content (AvgIpc) is 3.22. The molecule has 0 aromatic heterocycles. The van der Waals surface area contributed by atoms with Crippen LogP contribution in [0.4, 0.5) is 4.79 Å². The molecule has 2 fully saturated rings. The number of hydrogen-bond donors (Lipinski definition) is 1. The van der Waals surface area contributed by atoms with E-state index in [-0.39, 0.29) is 18.4 Å². The largest absolute Gasteiger partial charge is 0.454 e. The Balaban J connectivity index is 1.70. The lowest BCUT2D eigenvalue weighted by atomic mass is 10.0. The predicted octanol–water partition coefficient (Wildman–Crippen LogP) is 2.58. The van der Waals surface area contributed by atoms with Gasteiger partial charge in [-0.15, -0.1) is 0 Å². The van der Waals surface area contributed by atoms with Crippen LogP contribution < -0.4 is 14.8 Å². The first-order valence-electron chi connectivity index (χ1n) is 8.04. The highest BCUT2D eigenvalue weighted by Crippen LogP contribution is 2.38. The quantitative estimate of drug-likeness (QED) is 0.602. The summed E-state index contributed by atoms with van der Waals surface area (Å²) in [5.74, 6) is -0.0994. The van der Waals surface area contributed by atoms with Gasteiger partial charge in [-0.2, -0.15) is 0 Å². The van der Waals surface area contributed by atoms with Crippen LogP contribution in [0.25, 0.3) is 6.08 Å². The average molecular weight is 407 g/mol. The molecule has 2 heterocycles. The summed E-state index contributed by atoms with van der Waals surface area (Å²) in [5, 5.41) is 2.27. The van der Waals surface area contributed by atoms with E-state index >= 15 is 0 Å². The van der Waals surface area contributed by atoms with Crippen LogP contribution in [-0.2, 0) is 9.59 Å². The standard InChI is InChI=1S/C17H15BrN2O5/c18-12-7-14-13(24-8-25-14)6-9(12)5-11-15(21)19-17(23)20(16(11)22)10-3-1-2-4-10/h5-7,10H,1-4,8H2,(H,19,21,23)/b11-5-. The number of ether oxygens (including phenoxy) is 2. The Hall–Kier alpha value is -2.35. The van der Waals surface area contributed by atoms with Gasteiger partial charge in [-0.1, -0.05) is 28.8 Å². The molecule has 0 unspecified atom stereocenters. The summed E-state index contributed by atoms with van der Waals surface area (Å²) >= 11 is 3.41. The fraction of sp³-hybridized carbons (Fsp3) is 0.353. The molecule has 0 spiro atoms. The third kappa shape index (κ3) is 2.80. The number of benzene rings is 1. The molecule has 1 N–H and O–H groups in total. The van der Waals surface area contributed by atoms with Crippen LogP contribution >= 0.6 is 15.9 Å². The second kappa shape index (κ2) is 6.18. The van der Waals surface area contributed by atoms with Crippen molar-refractivity contribution in [3.05, 3.63) is 27.7 Å². The minimum atomic E-state index is -0.686. The number of carbonyl (C=O) groups excluding carboxylic acids is 3. The van der Waals surface area contributed by atoms with E-state index in [9.17, 15) is 14.4 Å². The molecule has 1 aromatic carbocycles. The maximum Gasteiger partial charge on any atom is 0.331 e. The summed E-state index contributed by atoms with van der Waals surface area (Å²) in [7, 11) is 0. The summed E-state index contributed by atoms with van der Waals surface area (Å²) in [6, 6.07) is 2.63. The minimum Gasteiger partial charge on any atom is -0.454 e. The van der Waals surface area contributed by atoms with Gasteiger partial charge in [0.05, 0.1) is 0 Å². The van der Waals surface area contributed by atoms with Crippen LogP contribution in [-0.4, -0.2) is 35.6 Å².